The number of rotatable bonds is 12. The van der Waals surface area contributed by atoms with Crippen molar-refractivity contribution in [3.05, 3.63) is 91.0 Å². The topological polar surface area (TPSA) is 0 Å². The first kappa shape index (κ1) is 30.4. The predicted octanol–water partition coefficient (Wildman–Crippen LogP) is 5.54. The number of hydrogen-bond acceptors (Lipinski definition) is 0. The van der Waals surface area contributed by atoms with Crippen molar-refractivity contribution in [3.8, 4) is 11.8 Å². The minimum Gasteiger partial charge on any atom is -1.00 e. The van der Waals surface area contributed by atoms with Gasteiger partial charge in [0.2, 0.25) is 0 Å². The van der Waals surface area contributed by atoms with Crippen LogP contribution in [0, 0.1) is 17.3 Å². The molecule has 0 N–H and O–H groups in total. The van der Waals surface area contributed by atoms with Crippen LogP contribution >= 0.6 is 7.26 Å². The van der Waals surface area contributed by atoms with Crippen molar-refractivity contribution >= 4 is 23.2 Å². The molecule has 0 aliphatic rings. The first-order valence-corrected chi connectivity index (χ1v) is 15.5. The van der Waals surface area contributed by atoms with Gasteiger partial charge in [-0.15, -0.1) is 0 Å². The quantitative estimate of drug-likeness (QED) is 0.154. The second kappa shape index (κ2) is 16.1. The highest BCUT2D eigenvalue weighted by Gasteiger charge is 2.44. The third-order valence-corrected chi connectivity index (χ3v) is 10.9. The molecule has 0 aliphatic heterocycles. The van der Waals surface area contributed by atoms with E-state index < -0.39 is 7.26 Å². The van der Waals surface area contributed by atoms with Crippen LogP contribution in [-0.2, 0) is 0 Å². The minimum atomic E-state index is -1.82. The summed E-state index contributed by atoms with van der Waals surface area (Å²) in [5.41, 5.74) is 0.486. The molecule has 0 fully saturated rings. The van der Waals surface area contributed by atoms with Gasteiger partial charge in [0.1, 0.15) is 29.3 Å². The fraction of sp³-hybridized carbons (Fsp3) is 0.412. The number of benzene rings is 3. The normalized spacial score (nSPS) is 11.3. The van der Waals surface area contributed by atoms with E-state index in [0.29, 0.717) is 5.41 Å². The van der Waals surface area contributed by atoms with Gasteiger partial charge in [0, 0.05) is 6.42 Å². The van der Waals surface area contributed by atoms with E-state index in [0.717, 1.165) is 12.6 Å². The molecule has 3 rings (SSSR count). The molecular formula is C34H44BrP. The lowest BCUT2D eigenvalue weighted by Crippen LogP contribution is -3.00. The lowest BCUT2D eigenvalue weighted by molar-refractivity contribution is -0.00000780. The Balaban J connectivity index is 0.00000456. The fourth-order valence-corrected chi connectivity index (χ4v) is 8.62. The van der Waals surface area contributed by atoms with Crippen LogP contribution in [0.3, 0.4) is 0 Å². The van der Waals surface area contributed by atoms with Crippen molar-refractivity contribution in [1.29, 1.82) is 0 Å². The van der Waals surface area contributed by atoms with Crippen LogP contribution in [0.15, 0.2) is 91.0 Å². The third kappa shape index (κ3) is 9.54. The first-order chi connectivity index (χ1) is 17.0. The smallest absolute Gasteiger partial charge is 0.133 e. The molecule has 0 nitrogen and oxygen atoms in total. The first-order valence-electron chi connectivity index (χ1n) is 13.5. The zero-order valence-electron chi connectivity index (χ0n) is 22.6. The van der Waals surface area contributed by atoms with Gasteiger partial charge in [0.25, 0.3) is 0 Å². The van der Waals surface area contributed by atoms with Crippen molar-refractivity contribution in [2.24, 2.45) is 5.41 Å². The van der Waals surface area contributed by atoms with Crippen LogP contribution in [0.2, 0.25) is 0 Å². The Morgan fingerprint density at radius 3 is 1.33 bits per heavy atom. The molecule has 0 atom stereocenters. The minimum absolute atomic E-state index is 0. The second-order valence-electron chi connectivity index (χ2n) is 10.9. The zero-order valence-corrected chi connectivity index (χ0v) is 25.0. The van der Waals surface area contributed by atoms with Crippen molar-refractivity contribution in [2.45, 2.75) is 78.6 Å². The van der Waals surface area contributed by atoms with Gasteiger partial charge in [-0.3, -0.25) is 0 Å². The van der Waals surface area contributed by atoms with E-state index in [9.17, 15) is 0 Å². The summed E-state index contributed by atoms with van der Waals surface area (Å²) in [6.07, 6.45) is 12.7. The Bertz CT molecular complexity index is 930. The van der Waals surface area contributed by atoms with Crippen LogP contribution in [0.4, 0.5) is 0 Å². The summed E-state index contributed by atoms with van der Waals surface area (Å²) in [4.78, 5) is 0. The molecular weight excluding hydrogens is 519 g/mol. The van der Waals surface area contributed by atoms with Crippen LogP contribution in [0.5, 0.6) is 0 Å². The molecule has 0 unspecified atom stereocenters. The van der Waals surface area contributed by atoms with E-state index in [1.807, 2.05) is 0 Å². The molecule has 36 heavy (non-hydrogen) atoms. The highest BCUT2D eigenvalue weighted by atomic mass is 79.9. The molecule has 0 aromatic heterocycles. The largest absolute Gasteiger partial charge is 1.00 e. The maximum Gasteiger partial charge on any atom is 0.133 e. The number of halogens is 1. The van der Waals surface area contributed by atoms with Crippen LogP contribution < -0.4 is 32.9 Å². The lowest BCUT2D eigenvalue weighted by atomic mass is 9.89. The van der Waals surface area contributed by atoms with Gasteiger partial charge < -0.3 is 17.0 Å². The summed E-state index contributed by atoms with van der Waals surface area (Å²) in [6, 6.07) is 33.2. The molecule has 0 amide bonds. The van der Waals surface area contributed by atoms with Crippen molar-refractivity contribution in [3.63, 3.8) is 0 Å². The van der Waals surface area contributed by atoms with Gasteiger partial charge in [-0.1, -0.05) is 126 Å². The molecule has 0 saturated heterocycles. The predicted molar refractivity (Wildman–Crippen MR) is 159 cm³/mol. The van der Waals surface area contributed by atoms with E-state index >= 15 is 0 Å². The molecule has 0 saturated carbocycles. The van der Waals surface area contributed by atoms with Crippen molar-refractivity contribution in [2.75, 3.05) is 6.16 Å². The van der Waals surface area contributed by atoms with E-state index in [-0.39, 0.29) is 17.0 Å². The van der Waals surface area contributed by atoms with Gasteiger partial charge >= 0.3 is 0 Å². The molecule has 3 aromatic carbocycles. The zero-order chi connectivity index (χ0) is 24.8. The highest BCUT2D eigenvalue weighted by molar-refractivity contribution is 7.95. The van der Waals surface area contributed by atoms with Crippen LogP contribution in [-0.4, -0.2) is 6.16 Å². The summed E-state index contributed by atoms with van der Waals surface area (Å²) in [7, 11) is -1.82. The Kier molecular flexibility index (Phi) is 13.6. The van der Waals surface area contributed by atoms with E-state index in [1.165, 1.54) is 67.3 Å². The van der Waals surface area contributed by atoms with Crippen LogP contribution in [0.1, 0.15) is 78.6 Å². The standard InChI is InChI=1S/C34H44P.BrH/c1-34(2,3)29-21-10-8-6-4-5-7-9-11-22-30-35(31-23-15-12-16-24-31,32-25-17-13-18-26-32)33-27-19-14-20-28-33;/h12-20,23-28H,4-10,21,29-30H2,1-3H3;1H/q+1;/p-1. The molecule has 0 radical (unpaired) electrons. The summed E-state index contributed by atoms with van der Waals surface area (Å²) < 4.78 is 0. The fourth-order valence-electron chi connectivity index (χ4n) is 4.78. The molecule has 192 valence electrons. The average molecular weight is 564 g/mol. The van der Waals surface area contributed by atoms with Crippen molar-refractivity contribution in [1.82, 2.24) is 0 Å². The Labute approximate surface area is 232 Å². The van der Waals surface area contributed by atoms with E-state index in [4.69, 9.17) is 0 Å². The maximum atomic E-state index is 3.65. The van der Waals surface area contributed by atoms with Crippen molar-refractivity contribution < 1.29 is 17.0 Å². The second-order valence-corrected chi connectivity index (χ2v) is 14.3. The summed E-state index contributed by atoms with van der Waals surface area (Å²) in [5, 5.41) is 4.24. The maximum absolute atomic E-state index is 3.65. The molecule has 0 bridgehead atoms. The molecule has 0 spiro atoms. The van der Waals surface area contributed by atoms with Gasteiger partial charge in [-0.05, 0) is 54.7 Å². The number of unbranched alkanes of at least 4 members (excludes halogenated alkanes) is 7. The Morgan fingerprint density at radius 2 is 0.917 bits per heavy atom. The highest BCUT2D eigenvalue weighted by Crippen LogP contribution is 2.54. The molecule has 0 aliphatic carbocycles. The van der Waals surface area contributed by atoms with Gasteiger partial charge in [-0.2, -0.15) is 0 Å². The summed E-state index contributed by atoms with van der Waals surface area (Å²) in [5.74, 6) is 7.21. The third-order valence-electron chi connectivity index (χ3n) is 6.76. The molecule has 0 heterocycles. The Morgan fingerprint density at radius 1 is 0.528 bits per heavy atom. The molecule has 3 aromatic rings. The van der Waals surface area contributed by atoms with Crippen LogP contribution in [0.25, 0.3) is 0 Å². The van der Waals surface area contributed by atoms with E-state index in [2.05, 4.69) is 124 Å². The van der Waals surface area contributed by atoms with E-state index in [1.54, 1.807) is 0 Å². The SMILES string of the molecule is CC(C)(C)CCCCCCCCCC#CC[P+](c1ccccc1)(c1ccccc1)c1ccccc1.[Br-]. The van der Waals surface area contributed by atoms with Gasteiger partial charge in [0.15, 0.2) is 0 Å². The monoisotopic (exact) mass is 562 g/mol. The lowest BCUT2D eigenvalue weighted by Gasteiger charge is -2.25. The molecule has 2 heteroatoms. The summed E-state index contributed by atoms with van der Waals surface area (Å²) in [6.45, 7) is 7.04. The average Bonchev–Trinajstić information content (AvgIpc) is 2.88. The Hall–Kier alpha value is -1.87. The van der Waals surface area contributed by atoms with Gasteiger partial charge in [-0.25, -0.2) is 0 Å². The van der Waals surface area contributed by atoms with Gasteiger partial charge in [0.05, 0.1) is 0 Å². The number of hydrogen-bond donors (Lipinski definition) is 0. The summed E-state index contributed by atoms with van der Waals surface area (Å²) >= 11 is 0.